The molecule has 4 N–H and O–H groups in total. The normalized spacial score (nSPS) is 11.8. The molecule has 0 radical (unpaired) electrons. The highest BCUT2D eigenvalue weighted by atomic mass is 35.5. The second-order valence-corrected chi connectivity index (χ2v) is 24.9. The molecule has 90 heavy (non-hydrogen) atoms. The van der Waals surface area contributed by atoms with Crippen molar-refractivity contribution in [1.29, 1.82) is 0 Å². The summed E-state index contributed by atoms with van der Waals surface area (Å²) in [5.41, 5.74) is 16.6. The van der Waals surface area contributed by atoms with Crippen LogP contribution in [0.2, 0.25) is 0 Å². The van der Waals surface area contributed by atoms with Gasteiger partial charge in [-0.25, -0.2) is 39.2 Å². The van der Waals surface area contributed by atoms with E-state index in [9.17, 15) is 50.7 Å². The minimum absolute atomic E-state index is 0. The van der Waals surface area contributed by atoms with Crippen LogP contribution in [0.15, 0.2) is 129 Å². The number of esters is 2. The number of benzene rings is 4. The molecule has 0 bridgehead atoms. The number of azide groups is 2. The van der Waals surface area contributed by atoms with E-state index in [-0.39, 0.29) is 60.6 Å². The predicted molar refractivity (Wildman–Crippen MR) is 334 cm³/mol. The molecule has 2 heterocycles. The fourth-order valence-corrected chi connectivity index (χ4v) is 10.9. The molecular formula is C58H75ClN12O17S2. The third kappa shape index (κ3) is 23.0. The third-order valence-corrected chi connectivity index (χ3v) is 15.5. The molecule has 6 rings (SSSR count). The molecule has 488 valence electrons. The van der Waals surface area contributed by atoms with Crippen molar-refractivity contribution in [2.45, 2.75) is 100 Å². The number of carboxylic acids is 1. The third-order valence-electron chi connectivity index (χ3n) is 12.1. The maximum Gasteiger partial charge on any atom is 0.408 e. The average Bonchev–Trinajstić information content (AvgIpc) is 1.61. The number of halogens is 1. The van der Waals surface area contributed by atoms with Crippen LogP contribution in [-0.4, -0.2) is 162 Å². The van der Waals surface area contributed by atoms with Gasteiger partial charge in [-0.2, -0.15) is 0 Å². The second kappa shape index (κ2) is 35.1. The van der Waals surface area contributed by atoms with Gasteiger partial charge in [0.15, 0.2) is 0 Å². The Morgan fingerprint density at radius 2 is 1.01 bits per heavy atom. The van der Waals surface area contributed by atoms with Crippen LogP contribution < -0.4 is 25.4 Å². The predicted octanol–water partition coefficient (Wildman–Crippen LogP) is 8.30. The van der Waals surface area contributed by atoms with Gasteiger partial charge in [0.05, 0.1) is 54.8 Å². The molecule has 0 unspecified atom stereocenters. The summed E-state index contributed by atoms with van der Waals surface area (Å²) >= 11 is 0. The lowest BCUT2D eigenvalue weighted by Crippen LogP contribution is -2.50. The first-order chi connectivity index (χ1) is 42.0. The number of alkyl carbamates (subject to hydrolysis) is 2. The lowest BCUT2D eigenvalue weighted by atomic mass is 10.0. The zero-order chi connectivity index (χ0) is 66.1. The first-order valence-electron chi connectivity index (χ1n) is 27.4. The molecule has 0 aliphatic rings. The molecule has 0 saturated carbocycles. The fraction of sp³-hybridized carbons (Fsp3) is 0.414. The summed E-state index contributed by atoms with van der Waals surface area (Å²) in [6, 6.07) is 22.7. The van der Waals surface area contributed by atoms with Gasteiger partial charge in [0.1, 0.15) is 41.3 Å². The monoisotopic (exact) mass is 1310 g/mol. The van der Waals surface area contributed by atoms with Crippen LogP contribution >= 0.6 is 12.4 Å². The SMILES string of the molecule is CC(C)(C)OC(=O)N[C@@H](Cc1cn(S(=O)(=O)c2ccc(OCCCN=[N+]=[N-])cc2)c2ccccc12)C(=O)O.CNCC(=O)OC.COC(=O)CN(C)C(=O)[C@H](Cc1cn(S(=O)(=O)c2ccc(OCCCN=[N+]=[N-])cc2)c2ccccc12)NC(=O)OC(C)(C)C.Cl. The number of carbonyl (C=O) groups is 6. The molecule has 4 aromatic carbocycles. The Labute approximate surface area is 527 Å². The zero-order valence-electron chi connectivity index (χ0n) is 51.3. The number of aliphatic carboxylic acids is 1. The van der Waals surface area contributed by atoms with Crippen LogP contribution in [-0.2, 0) is 71.0 Å². The van der Waals surface area contributed by atoms with Gasteiger partial charge >= 0.3 is 30.1 Å². The van der Waals surface area contributed by atoms with Crippen LogP contribution in [0, 0.1) is 0 Å². The maximum atomic E-state index is 13.8. The van der Waals surface area contributed by atoms with Crippen LogP contribution in [0.5, 0.6) is 11.5 Å². The highest BCUT2D eigenvalue weighted by molar-refractivity contribution is 7.90. The molecule has 0 saturated heterocycles. The van der Waals surface area contributed by atoms with Gasteiger partial charge < -0.3 is 54.4 Å². The number of methoxy groups -OCH3 is 2. The number of carboxylic acid groups (broad SMARTS) is 1. The molecule has 32 heteroatoms. The van der Waals surface area contributed by atoms with Crippen LogP contribution in [0.1, 0.15) is 65.5 Å². The standard InChI is InChI=1S/C29H36N6O8S.C25H29N5O7S.C4H9NO2.ClH/c1-29(2,3)43-28(38)32-24(27(37)34(4)19-26(36)41-5)17-20-18-35(25-10-7-6-9-23(20)25)44(39,40)22-13-11-21(12-14-22)42-16-8-15-31-33-30;1-25(2,3)37-24(33)28-21(23(31)32)15-17-16-30(22-8-5-4-7-20(17)22)38(34,35)19-11-9-18(10-12-19)36-14-6-13-27-29-26;1-5-3-4(6)7-2;/h6-7,9-14,18,24H,8,15-17,19H2,1-5H3,(H,32,38);4-5,7-12,16,21H,6,13-15H2,1-3H3,(H,28,33)(H,31,32);5H,3H2,1-2H3;1H/t24-;21-;;/m00../s1. The number of nitrogens with zero attached hydrogens (tertiary/aromatic N) is 9. The van der Waals surface area contributed by atoms with Crippen molar-refractivity contribution in [2.24, 2.45) is 10.2 Å². The van der Waals surface area contributed by atoms with Crippen LogP contribution in [0.25, 0.3) is 42.7 Å². The number of amides is 3. The number of hydrogen-bond donors (Lipinski definition) is 4. The minimum Gasteiger partial charge on any atom is -0.494 e. The van der Waals surface area contributed by atoms with Crippen LogP contribution in [0.3, 0.4) is 0 Å². The number of hydrogen-bond acceptors (Lipinski definition) is 19. The van der Waals surface area contributed by atoms with Gasteiger partial charge in [-0.3, -0.25) is 14.4 Å². The van der Waals surface area contributed by atoms with E-state index in [1.807, 2.05) is 0 Å². The molecule has 3 amide bonds. The average molecular weight is 1310 g/mol. The van der Waals surface area contributed by atoms with Crippen molar-refractivity contribution < 1.29 is 79.1 Å². The van der Waals surface area contributed by atoms with E-state index in [4.69, 9.17) is 30.0 Å². The Morgan fingerprint density at radius 3 is 1.37 bits per heavy atom. The van der Waals surface area contributed by atoms with Crippen molar-refractivity contribution in [1.82, 2.24) is 28.8 Å². The number of rotatable bonds is 26. The molecule has 29 nitrogen and oxygen atoms in total. The maximum absolute atomic E-state index is 13.8. The first kappa shape index (κ1) is 75.0. The van der Waals surface area contributed by atoms with Gasteiger partial charge in [0.2, 0.25) is 5.91 Å². The fourth-order valence-electron chi connectivity index (χ4n) is 8.10. The number of fused-ring (bicyclic) bond motifs is 2. The number of nitrogens with one attached hydrogen (secondary N) is 3. The summed E-state index contributed by atoms with van der Waals surface area (Å²) in [6.45, 7) is 11.1. The molecule has 0 aliphatic carbocycles. The van der Waals surface area contributed by atoms with E-state index >= 15 is 0 Å². The number of ether oxygens (including phenoxy) is 6. The molecule has 0 fully saturated rings. The quantitative estimate of drug-likeness (QED) is 0.00990. The number of aromatic nitrogens is 2. The number of carbonyl (C=O) groups excluding carboxylic acids is 5. The second-order valence-electron chi connectivity index (χ2n) is 21.2. The van der Waals surface area contributed by atoms with E-state index in [1.54, 1.807) is 97.1 Å². The summed E-state index contributed by atoms with van der Waals surface area (Å²) in [6.07, 6.45) is 1.80. The van der Waals surface area contributed by atoms with Crippen molar-refractivity contribution in [2.75, 3.05) is 67.7 Å². The molecule has 0 spiro atoms. The topological polar surface area (TPSA) is 393 Å². The summed E-state index contributed by atoms with van der Waals surface area (Å²) < 4.78 is 87.4. The Morgan fingerprint density at radius 1 is 0.622 bits per heavy atom. The number of para-hydroxylation sites is 2. The molecule has 2 aromatic heterocycles. The summed E-state index contributed by atoms with van der Waals surface area (Å²) in [5, 5.41) is 25.2. The lowest BCUT2D eigenvalue weighted by molar-refractivity contribution is -0.146. The molecule has 6 aromatic rings. The van der Waals surface area contributed by atoms with Gasteiger partial charge in [-0.15, -0.1) is 12.4 Å². The van der Waals surface area contributed by atoms with E-state index in [2.05, 4.69) is 45.5 Å². The molecular weight excluding hydrogens is 1240 g/mol. The van der Waals surface area contributed by atoms with Crippen molar-refractivity contribution in [3.63, 3.8) is 0 Å². The number of likely N-dealkylation sites (N-methyl/N-ethyl adjacent to an activating group) is 2. The van der Waals surface area contributed by atoms with E-state index in [0.29, 0.717) is 77.0 Å². The summed E-state index contributed by atoms with van der Waals surface area (Å²) in [5.74, 6) is -1.86. The minimum atomic E-state index is -4.10. The highest BCUT2D eigenvalue weighted by Gasteiger charge is 2.32. The molecule has 2 atom stereocenters. The van der Waals surface area contributed by atoms with E-state index in [0.717, 1.165) is 12.8 Å². The zero-order valence-corrected chi connectivity index (χ0v) is 53.8. The Kier molecular flexibility index (Phi) is 29.2. The van der Waals surface area contributed by atoms with Crippen molar-refractivity contribution in [3.8, 4) is 11.5 Å². The van der Waals surface area contributed by atoms with Gasteiger partial charge in [-0.1, -0.05) is 46.6 Å². The van der Waals surface area contributed by atoms with E-state index < -0.39 is 73.4 Å². The van der Waals surface area contributed by atoms with Gasteiger partial charge in [-0.05, 0) is 144 Å². The summed E-state index contributed by atoms with van der Waals surface area (Å²) in [7, 11) is -2.50. The van der Waals surface area contributed by atoms with Crippen molar-refractivity contribution in [3.05, 3.63) is 141 Å². The Balaban J connectivity index is 0.000000424. The van der Waals surface area contributed by atoms with Crippen molar-refractivity contribution >= 4 is 90.3 Å². The van der Waals surface area contributed by atoms with Gasteiger partial charge in [0.25, 0.3) is 20.0 Å². The van der Waals surface area contributed by atoms with Crippen LogP contribution in [0.4, 0.5) is 9.59 Å². The summed E-state index contributed by atoms with van der Waals surface area (Å²) in [4.78, 5) is 78.6. The largest absolute Gasteiger partial charge is 0.494 e. The Bertz CT molecular complexity index is 3740. The van der Waals surface area contributed by atoms with E-state index in [1.165, 1.54) is 82.2 Å². The van der Waals surface area contributed by atoms with Gasteiger partial charge in [0, 0.05) is 66.0 Å². The smallest absolute Gasteiger partial charge is 0.408 e. The first-order valence-corrected chi connectivity index (χ1v) is 30.3. The highest BCUT2D eigenvalue weighted by Crippen LogP contribution is 2.30. The molecule has 0 aliphatic heterocycles. The Hall–Kier alpha value is -9.25. The lowest BCUT2D eigenvalue weighted by Gasteiger charge is -2.26.